The van der Waals surface area contributed by atoms with Crippen LogP contribution in [0.4, 0.5) is 10.5 Å². The number of likely N-dealkylation sites (tertiary alicyclic amines) is 1. The van der Waals surface area contributed by atoms with Gasteiger partial charge >= 0.3 is 6.03 Å². The van der Waals surface area contributed by atoms with Gasteiger partial charge in [-0.1, -0.05) is 19.3 Å². The van der Waals surface area contributed by atoms with Crippen molar-refractivity contribution in [3.8, 4) is 0 Å². The largest absolute Gasteiger partial charge is 0.335 e. The van der Waals surface area contributed by atoms with E-state index in [-0.39, 0.29) is 17.4 Å². The third kappa shape index (κ3) is 3.34. The van der Waals surface area contributed by atoms with E-state index in [4.69, 9.17) is 0 Å². The first-order valence-corrected chi connectivity index (χ1v) is 9.41. The maximum atomic E-state index is 12.6. The average Bonchev–Trinajstić information content (AvgIpc) is 3.20. The van der Waals surface area contributed by atoms with Crippen LogP contribution in [0.25, 0.3) is 0 Å². The van der Waals surface area contributed by atoms with E-state index in [2.05, 4.69) is 10.3 Å². The van der Waals surface area contributed by atoms with E-state index in [1.165, 1.54) is 19.3 Å². The monoisotopic (exact) mass is 342 g/mol. The fraction of sp³-hybridized carbons (Fsp3) is 0.632. The number of pyridine rings is 1. The molecule has 0 bridgehead atoms. The van der Waals surface area contributed by atoms with Crippen LogP contribution in [-0.2, 0) is 4.79 Å². The van der Waals surface area contributed by atoms with Crippen LogP contribution in [0.1, 0.15) is 44.9 Å². The van der Waals surface area contributed by atoms with Crippen LogP contribution in [0, 0.1) is 5.41 Å². The molecule has 3 amide bonds. The quantitative estimate of drug-likeness (QED) is 0.898. The number of nitrogens with zero attached hydrogens (tertiary/aromatic N) is 3. The Labute approximate surface area is 148 Å². The summed E-state index contributed by atoms with van der Waals surface area (Å²) < 4.78 is 0. The van der Waals surface area contributed by atoms with E-state index in [0.29, 0.717) is 25.6 Å². The zero-order chi connectivity index (χ0) is 17.3. The lowest BCUT2D eigenvalue weighted by Crippen LogP contribution is -2.45. The van der Waals surface area contributed by atoms with E-state index in [1.54, 1.807) is 12.4 Å². The second-order valence-electron chi connectivity index (χ2n) is 7.82. The SMILES string of the molecule is O=C(NC1CCCCC1)N1CC[C@@]2(CC(=O)N(c3cccnc3)C2)C1. The first kappa shape index (κ1) is 16.4. The Balaban J connectivity index is 1.38. The van der Waals surface area contributed by atoms with Crippen LogP contribution >= 0.6 is 0 Å². The van der Waals surface area contributed by atoms with Crippen LogP contribution in [0.15, 0.2) is 24.5 Å². The topological polar surface area (TPSA) is 65.5 Å². The standard InChI is InChI=1S/C19H26N4O2/c24-17-11-19(14-23(17)16-7-4-9-20-12-16)8-10-22(13-19)18(25)21-15-5-2-1-3-6-15/h4,7,9,12,15H,1-3,5-6,8,10-11,13-14H2,(H,21,25)/t19-/m1/s1. The molecule has 1 saturated carbocycles. The van der Waals surface area contributed by atoms with Gasteiger partial charge in [0.25, 0.3) is 0 Å². The first-order valence-electron chi connectivity index (χ1n) is 9.41. The Kier molecular flexibility index (Phi) is 4.36. The van der Waals surface area contributed by atoms with Gasteiger partial charge in [-0.25, -0.2) is 4.79 Å². The molecule has 1 aromatic heterocycles. The molecular weight excluding hydrogens is 316 g/mol. The lowest BCUT2D eigenvalue weighted by Gasteiger charge is -2.27. The van der Waals surface area contributed by atoms with Crippen LogP contribution in [0.3, 0.4) is 0 Å². The molecule has 1 atom stereocenters. The summed E-state index contributed by atoms with van der Waals surface area (Å²) in [5.74, 6) is 0.141. The third-order valence-electron chi connectivity index (χ3n) is 5.94. The molecule has 0 unspecified atom stereocenters. The summed E-state index contributed by atoms with van der Waals surface area (Å²) in [5.41, 5.74) is 0.756. The van der Waals surface area contributed by atoms with Crippen molar-refractivity contribution in [3.63, 3.8) is 0 Å². The maximum Gasteiger partial charge on any atom is 0.317 e. The van der Waals surface area contributed by atoms with Crippen molar-refractivity contribution in [2.75, 3.05) is 24.5 Å². The second kappa shape index (κ2) is 6.65. The van der Waals surface area contributed by atoms with Crippen molar-refractivity contribution in [2.24, 2.45) is 5.41 Å². The Morgan fingerprint density at radius 2 is 2.08 bits per heavy atom. The number of hydrogen-bond acceptors (Lipinski definition) is 3. The zero-order valence-corrected chi connectivity index (χ0v) is 14.6. The molecule has 4 rings (SSSR count). The number of amides is 3. The van der Waals surface area contributed by atoms with Crippen molar-refractivity contribution in [3.05, 3.63) is 24.5 Å². The van der Waals surface area contributed by atoms with E-state index < -0.39 is 0 Å². The number of rotatable bonds is 2. The van der Waals surface area contributed by atoms with E-state index in [0.717, 1.165) is 31.5 Å². The Hall–Kier alpha value is -2.11. The molecule has 0 aromatic carbocycles. The smallest absolute Gasteiger partial charge is 0.317 e. The molecule has 2 aliphatic heterocycles. The van der Waals surface area contributed by atoms with Gasteiger partial charge in [0.05, 0.1) is 11.9 Å². The van der Waals surface area contributed by atoms with Gasteiger partial charge in [-0.2, -0.15) is 0 Å². The lowest BCUT2D eigenvalue weighted by molar-refractivity contribution is -0.117. The molecule has 134 valence electrons. The number of carbonyl (C=O) groups is 2. The molecule has 0 radical (unpaired) electrons. The normalized spacial score (nSPS) is 27.3. The minimum absolute atomic E-state index is 0.0519. The summed E-state index contributed by atoms with van der Waals surface area (Å²) >= 11 is 0. The van der Waals surface area contributed by atoms with Crippen LogP contribution in [-0.4, -0.2) is 47.5 Å². The molecule has 3 fully saturated rings. The molecule has 25 heavy (non-hydrogen) atoms. The zero-order valence-electron chi connectivity index (χ0n) is 14.6. The van der Waals surface area contributed by atoms with Crippen LogP contribution in [0.5, 0.6) is 0 Å². The molecule has 1 aliphatic carbocycles. The average molecular weight is 342 g/mol. The predicted octanol–water partition coefficient (Wildman–Crippen LogP) is 2.55. The molecule has 3 heterocycles. The van der Waals surface area contributed by atoms with Crippen molar-refractivity contribution in [2.45, 2.75) is 51.0 Å². The Morgan fingerprint density at radius 3 is 2.84 bits per heavy atom. The summed E-state index contributed by atoms with van der Waals surface area (Å²) in [5, 5.41) is 3.20. The van der Waals surface area contributed by atoms with Crippen molar-refractivity contribution in [1.82, 2.24) is 15.2 Å². The van der Waals surface area contributed by atoms with Crippen LogP contribution < -0.4 is 10.2 Å². The van der Waals surface area contributed by atoms with Gasteiger partial charge in [0.2, 0.25) is 5.91 Å². The fourth-order valence-electron chi connectivity index (χ4n) is 4.54. The van der Waals surface area contributed by atoms with Gasteiger partial charge in [-0.05, 0) is 31.4 Å². The Morgan fingerprint density at radius 1 is 1.24 bits per heavy atom. The lowest BCUT2D eigenvalue weighted by atomic mass is 9.86. The van der Waals surface area contributed by atoms with Crippen LogP contribution in [0.2, 0.25) is 0 Å². The summed E-state index contributed by atoms with van der Waals surface area (Å²) in [7, 11) is 0. The molecule has 2 saturated heterocycles. The van der Waals surface area contributed by atoms with Gasteiger partial charge in [-0.15, -0.1) is 0 Å². The van der Waals surface area contributed by atoms with E-state index in [9.17, 15) is 9.59 Å². The number of hydrogen-bond donors (Lipinski definition) is 1. The number of urea groups is 1. The Bertz CT molecular complexity index is 644. The minimum atomic E-state index is -0.100. The van der Waals surface area contributed by atoms with E-state index >= 15 is 0 Å². The highest BCUT2D eigenvalue weighted by Crippen LogP contribution is 2.41. The minimum Gasteiger partial charge on any atom is -0.335 e. The predicted molar refractivity (Wildman–Crippen MR) is 95.2 cm³/mol. The molecule has 6 nitrogen and oxygen atoms in total. The third-order valence-corrected chi connectivity index (χ3v) is 5.94. The van der Waals surface area contributed by atoms with Gasteiger partial charge in [0.1, 0.15) is 0 Å². The second-order valence-corrected chi connectivity index (χ2v) is 7.82. The number of carbonyl (C=O) groups excluding carboxylic acids is 2. The molecule has 6 heteroatoms. The van der Waals surface area contributed by atoms with Gasteiger partial charge in [0.15, 0.2) is 0 Å². The van der Waals surface area contributed by atoms with Gasteiger partial charge < -0.3 is 15.1 Å². The molecule has 1 spiro atoms. The summed E-state index contributed by atoms with van der Waals surface area (Å²) in [6.45, 7) is 2.10. The summed E-state index contributed by atoms with van der Waals surface area (Å²) in [6.07, 6.45) is 10.8. The number of nitrogens with one attached hydrogen (secondary N) is 1. The first-order chi connectivity index (χ1) is 12.2. The highest BCUT2D eigenvalue weighted by atomic mass is 16.2. The van der Waals surface area contributed by atoms with Crippen molar-refractivity contribution < 1.29 is 9.59 Å². The molecule has 1 N–H and O–H groups in total. The highest BCUT2D eigenvalue weighted by Gasteiger charge is 2.49. The molecular formula is C19H26N4O2. The number of aromatic nitrogens is 1. The van der Waals surface area contributed by atoms with E-state index in [1.807, 2.05) is 21.9 Å². The van der Waals surface area contributed by atoms with Crippen molar-refractivity contribution >= 4 is 17.6 Å². The summed E-state index contributed by atoms with van der Waals surface area (Å²) in [4.78, 5) is 33.0. The molecule has 1 aromatic rings. The van der Waals surface area contributed by atoms with Gasteiger partial charge in [-0.3, -0.25) is 9.78 Å². The fourth-order valence-corrected chi connectivity index (χ4v) is 4.54. The number of anilines is 1. The summed E-state index contributed by atoms with van der Waals surface area (Å²) in [6, 6.07) is 4.16. The maximum absolute atomic E-state index is 12.6. The van der Waals surface area contributed by atoms with Gasteiger partial charge in [0, 0.05) is 43.7 Å². The molecule has 3 aliphatic rings. The highest BCUT2D eigenvalue weighted by molar-refractivity contribution is 5.96. The van der Waals surface area contributed by atoms with Crippen molar-refractivity contribution in [1.29, 1.82) is 0 Å².